The van der Waals surface area contributed by atoms with Gasteiger partial charge in [-0.15, -0.1) is 0 Å². The molecular formula is C11H16N2O2. The Morgan fingerprint density at radius 2 is 2.20 bits per heavy atom. The molecule has 4 heteroatoms. The highest BCUT2D eigenvalue weighted by atomic mass is 16.5. The van der Waals surface area contributed by atoms with Crippen molar-refractivity contribution in [2.75, 3.05) is 7.11 Å². The van der Waals surface area contributed by atoms with E-state index in [0.29, 0.717) is 0 Å². The van der Waals surface area contributed by atoms with Crippen LogP contribution in [0.3, 0.4) is 0 Å². The Morgan fingerprint density at radius 1 is 1.47 bits per heavy atom. The van der Waals surface area contributed by atoms with E-state index in [2.05, 4.69) is 15.0 Å². The van der Waals surface area contributed by atoms with Crippen LogP contribution in [0.5, 0.6) is 0 Å². The van der Waals surface area contributed by atoms with Gasteiger partial charge in [-0.1, -0.05) is 6.07 Å². The smallest absolute Gasteiger partial charge is 0.322 e. The standard InChI is InChI=1S/C11H16N2O2/c1-8(10-6-4-5-7-12-10)13-9(2)11(14)15-3/h4-9,13H,1-3H3/t8-,9?/m0/s1. The minimum atomic E-state index is -0.327. The van der Waals surface area contributed by atoms with E-state index in [0.717, 1.165) is 5.69 Å². The second kappa shape index (κ2) is 5.46. The number of pyridine rings is 1. The molecular weight excluding hydrogens is 192 g/mol. The van der Waals surface area contributed by atoms with E-state index < -0.39 is 0 Å². The summed E-state index contributed by atoms with van der Waals surface area (Å²) < 4.78 is 4.63. The summed E-state index contributed by atoms with van der Waals surface area (Å²) in [7, 11) is 1.38. The van der Waals surface area contributed by atoms with E-state index in [9.17, 15) is 4.79 Å². The van der Waals surface area contributed by atoms with Crippen LogP contribution in [0.1, 0.15) is 25.6 Å². The van der Waals surface area contributed by atoms with Gasteiger partial charge in [-0.05, 0) is 26.0 Å². The van der Waals surface area contributed by atoms with E-state index in [1.807, 2.05) is 25.1 Å². The summed E-state index contributed by atoms with van der Waals surface area (Å²) in [5, 5.41) is 3.11. The maximum atomic E-state index is 11.2. The Hall–Kier alpha value is -1.42. The van der Waals surface area contributed by atoms with Crippen molar-refractivity contribution in [3.05, 3.63) is 30.1 Å². The van der Waals surface area contributed by atoms with Gasteiger partial charge in [0.2, 0.25) is 0 Å². The predicted octanol–water partition coefficient (Wildman–Crippen LogP) is 1.29. The van der Waals surface area contributed by atoms with E-state index >= 15 is 0 Å². The summed E-state index contributed by atoms with van der Waals surface area (Å²) >= 11 is 0. The van der Waals surface area contributed by atoms with Gasteiger partial charge in [-0.2, -0.15) is 0 Å². The van der Waals surface area contributed by atoms with Crippen molar-refractivity contribution < 1.29 is 9.53 Å². The Kier molecular flexibility index (Phi) is 4.24. The summed E-state index contributed by atoms with van der Waals surface area (Å²) in [4.78, 5) is 15.4. The molecule has 0 saturated carbocycles. The van der Waals surface area contributed by atoms with Crippen molar-refractivity contribution in [1.82, 2.24) is 10.3 Å². The Morgan fingerprint density at radius 3 is 2.73 bits per heavy atom. The molecule has 0 aliphatic heterocycles. The first kappa shape index (κ1) is 11.7. The SMILES string of the molecule is COC(=O)C(C)N[C@@H](C)c1ccccn1. The van der Waals surface area contributed by atoms with Crippen LogP contribution < -0.4 is 5.32 Å². The number of nitrogens with zero attached hydrogens (tertiary/aromatic N) is 1. The molecule has 0 spiro atoms. The number of rotatable bonds is 4. The first-order valence-corrected chi connectivity index (χ1v) is 4.90. The van der Waals surface area contributed by atoms with Crippen molar-refractivity contribution in [1.29, 1.82) is 0 Å². The predicted molar refractivity (Wildman–Crippen MR) is 57.3 cm³/mol. The summed E-state index contributed by atoms with van der Waals surface area (Å²) in [5.41, 5.74) is 0.910. The molecule has 0 aliphatic rings. The van der Waals surface area contributed by atoms with Crippen LogP contribution in [0, 0.1) is 0 Å². The lowest BCUT2D eigenvalue weighted by Crippen LogP contribution is -2.36. The Labute approximate surface area is 89.7 Å². The molecule has 1 rings (SSSR count). The summed E-state index contributed by atoms with van der Waals surface area (Å²) in [6.45, 7) is 3.73. The molecule has 2 atom stereocenters. The fourth-order valence-corrected chi connectivity index (χ4v) is 1.34. The van der Waals surface area contributed by atoms with Crippen LogP contribution in [0.4, 0.5) is 0 Å². The summed E-state index contributed by atoms with van der Waals surface area (Å²) in [5.74, 6) is -0.266. The third kappa shape index (κ3) is 3.32. The minimum Gasteiger partial charge on any atom is -0.468 e. The molecule has 82 valence electrons. The topological polar surface area (TPSA) is 51.2 Å². The lowest BCUT2D eigenvalue weighted by atomic mass is 10.2. The molecule has 0 amide bonds. The van der Waals surface area contributed by atoms with Crippen molar-refractivity contribution in [2.24, 2.45) is 0 Å². The third-order valence-corrected chi connectivity index (χ3v) is 2.19. The highest BCUT2D eigenvalue weighted by Crippen LogP contribution is 2.08. The van der Waals surface area contributed by atoms with Gasteiger partial charge in [0.1, 0.15) is 6.04 Å². The molecule has 1 N–H and O–H groups in total. The Bertz CT molecular complexity index is 314. The number of aromatic nitrogens is 1. The quantitative estimate of drug-likeness (QED) is 0.758. The van der Waals surface area contributed by atoms with Crippen molar-refractivity contribution in [3.8, 4) is 0 Å². The summed E-state index contributed by atoms with van der Waals surface area (Å²) in [6, 6.07) is 5.40. The number of hydrogen-bond acceptors (Lipinski definition) is 4. The highest BCUT2D eigenvalue weighted by Gasteiger charge is 2.16. The van der Waals surface area contributed by atoms with Crippen LogP contribution in [-0.2, 0) is 9.53 Å². The van der Waals surface area contributed by atoms with Gasteiger partial charge in [0, 0.05) is 12.2 Å². The highest BCUT2D eigenvalue weighted by molar-refractivity contribution is 5.75. The first-order chi connectivity index (χ1) is 7.15. The Balaban J connectivity index is 2.56. The van der Waals surface area contributed by atoms with Crippen LogP contribution in [-0.4, -0.2) is 24.1 Å². The molecule has 1 heterocycles. The van der Waals surface area contributed by atoms with Crippen molar-refractivity contribution in [3.63, 3.8) is 0 Å². The number of methoxy groups -OCH3 is 1. The normalized spacial score (nSPS) is 14.3. The van der Waals surface area contributed by atoms with Crippen molar-refractivity contribution >= 4 is 5.97 Å². The number of nitrogens with one attached hydrogen (secondary N) is 1. The molecule has 4 nitrogen and oxygen atoms in total. The molecule has 0 saturated heterocycles. The van der Waals surface area contributed by atoms with E-state index in [4.69, 9.17) is 0 Å². The lowest BCUT2D eigenvalue weighted by molar-refractivity contribution is -0.142. The molecule has 0 radical (unpaired) electrons. The molecule has 1 unspecified atom stereocenters. The number of ether oxygens (including phenoxy) is 1. The van der Waals surface area contributed by atoms with E-state index in [1.54, 1.807) is 13.1 Å². The zero-order chi connectivity index (χ0) is 11.3. The van der Waals surface area contributed by atoms with E-state index in [1.165, 1.54) is 7.11 Å². The van der Waals surface area contributed by atoms with Gasteiger partial charge in [-0.3, -0.25) is 15.1 Å². The second-order valence-corrected chi connectivity index (χ2v) is 3.39. The zero-order valence-electron chi connectivity index (χ0n) is 9.23. The third-order valence-electron chi connectivity index (χ3n) is 2.19. The number of esters is 1. The average molecular weight is 208 g/mol. The van der Waals surface area contributed by atoms with Gasteiger partial charge >= 0.3 is 5.97 Å². The molecule has 0 aliphatic carbocycles. The fraction of sp³-hybridized carbons (Fsp3) is 0.455. The number of hydrogen-bond donors (Lipinski definition) is 1. The summed E-state index contributed by atoms with van der Waals surface area (Å²) in [6.07, 6.45) is 1.73. The van der Waals surface area contributed by atoms with Gasteiger partial charge in [0.05, 0.1) is 12.8 Å². The number of carbonyl (C=O) groups excluding carboxylic acids is 1. The average Bonchev–Trinajstić information content (AvgIpc) is 2.29. The molecule has 1 aromatic heterocycles. The van der Waals surface area contributed by atoms with Crippen LogP contribution in [0.2, 0.25) is 0 Å². The number of carbonyl (C=O) groups is 1. The molecule has 0 fully saturated rings. The molecule has 0 aromatic carbocycles. The van der Waals surface area contributed by atoms with Crippen LogP contribution in [0.25, 0.3) is 0 Å². The van der Waals surface area contributed by atoms with Gasteiger partial charge in [0.25, 0.3) is 0 Å². The van der Waals surface area contributed by atoms with Gasteiger partial charge in [-0.25, -0.2) is 0 Å². The lowest BCUT2D eigenvalue weighted by Gasteiger charge is -2.17. The molecule has 1 aromatic rings. The second-order valence-electron chi connectivity index (χ2n) is 3.39. The van der Waals surface area contributed by atoms with E-state index in [-0.39, 0.29) is 18.1 Å². The monoisotopic (exact) mass is 208 g/mol. The minimum absolute atomic E-state index is 0.0281. The van der Waals surface area contributed by atoms with Crippen LogP contribution in [0.15, 0.2) is 24.4 Å². The fourth-order valence-electron chi connectivity index (χ4n) is 1.34. The van der Waals surface area contributed by atoms with Crippen LogP contribution >= 0.6 is 0 Å². The maximum absolute atomic E-state index is 11.2. The van der Waals surface area contributed by atoms with Gasteiger partial charge in [0.15, 0.2) is 0 Å². The largest absolute Gasteiger partial charge is 0.468 e. The molecule has 0 bridgehead atoms. The first-order valence-electron chi connectivity index (χ1n) is 4.90. The zero-order valence-corrected chi connectivity index (χ0v) is 9.23. The van der Waals surface area contributed by atoms with Gasteiger partial charge < -0.3 is 4.74 Å². The maximum Gasteiger partial charge on any atom is 0.322 e. The molecule has 15 heavy (non-hydrogen) atoms. The van der Waals surface area contributed by atoms with Crippen molar-refractivity contribution in [2.45, 2.75) is 25.9 Å².